The van der Waals surface area contributed by atoms with Gasteiger partial charge >= 0.3 is 0 Å². The van der Waals surface area contributed by atoms with Crippen molar-refractivity contribution in [3.63, 3.8) is 0 Å². The van der Waals surface area contributed by atoms with Crippen LogP contribution in [0.3, 0.4) is 0 Å². The molecular weight excluding hydrogens is 294 g/mol. The first-order valence-corrected chi connectivity index (χ1v) is 8.24. The van der Waals surface area contributed by atoms with Gasteiger partial charge in [-0.05, 0) is 62.7 Å². The first kappa shape index (κ1) is 18.4. The number of hydrogen-bond donors (Lipinski definition) is 2. The molecule has 22 heavy (non-hydrogen) atoms. The summed E-state index contributed by atoms with van der Waals surface area (Å²) in [5.41, 5.74) is 3.22. The van der Waals surface area contributed by atoms with E-state index in [2.05, 4.69) is 41.5 Å². The summed E-state index contributed by atoms with van der Waals surface area (Å²) in [6.45, 7) is 12.3. The molecule has 0 heterocycles. The zero-order valence-corrected chi connectivity index (χ0v) is 15.0. The monoisotopic (exact) mass is 321 g/mol. The third-order valence-corrected chi connectivity index (χ3v) is 3.64. The van der Waals surface area contributed by atoms with Crippen LogP contribution < -0.4 is 15.5 Å². The Kier molecular flexibility index (Phi) is 7.32. The van der Waals surface area contributed by atoms with Crippen LogP contribution in [0.1, 0.15) is 39.7 Å². The predicted molar refractivity (Wildman–Crippen MR) is 98.6 cm³/mol. The molecule has 0 bridgehead atoms. The molecule has 0 aliphatic heterocycles. The zero-order chi connectivity index (χ0) is 16.7. The molecule has 4 nitrogen and oxygen atoms in total. The topological polar surface area (TPSA) is 44.4 Å². The maximum absolute atomic E-state index is 11.7. The summed E-state index contributed by atoms with van der Waals surface area (Å²) < 4.78 is 0. The minimum atomic E-state index is -0.0510. The van der Waals surface area contributed by atoms with Crippen LogP contribution in [0.15, 0.2) is 18.2 Å². The summed E-state index contributed by atoms with van der Waals surface area (Å²) in [5.74, 6) is 0.266. The van der Waals surface area contributed by atoms with E-state index in [1.165, 1.54) is 5.69 Å². The fourth-order valence-corrected chi connectivity index (χ4v) is 2.50. The molecule has 122 valence electrons. The lowest BCUT2D eigenvalue weighted by molar-refractivity contribution is -0.120. The normalized spacial score (nSPS) is 10.5. The molecule has 0 saturated carbocycles. The van der Waals surface area contributed by atoms with Crippen molar-refractivity contribution in [3.8, 4) is 0 Å². The van der Waals surface area contributed by atoms with Crippen LogP contribution in [-0.2, 0) is 4.79 Å². The summed E-state index contributed by atoms with van der Waals surface area (Å²) in [7, 11) is 0. The molecule has 0 radical (unpaired) electrons. The zero-order valence-electron chi connectivity index (χ0n) is 14.2. The third kappa shape index (κ3) is 5.64. The number of nitrogens with zero attached hydrogens (tertiary/aromatic N) is 1. The van der Waals surface area contributed by atoms with Crippen molar-refractivity contribution in [2.45, 2.75) is 41.0 Å². The molecule has 0 spiro atoms. The number of anilines is 2. The highest BCUT2D eigenvalue weighted by Crippen LogP contribution is 2.22. The summed E-state index contributed by atoms with van der Waals surface area (Å²) in [4.78, 5) is 14.0. The number of hydrogen-bond acceptors (Lipinski definition) is 3. The molecule has 1 aromatic carbocycles. The van der Waals surface area contributed by atoms with Crippen LogP contribution in [0.25, 0.3) is 0 Å². The molecule has 1 aromatic rings. The van der Waals surface area contributed by atoms with E-state index in [9.17, 15) is 4.79 Å². The average Bonchev–Trinajstić information content (AvgIpc) is 2.42. The highest BCUT2D eigenvalue weighted by Gasteiger charge is 2.09. The SMILES string of the molecule is CCN(CC)c1ccc(NC(=S)NC(=O)CC(C)C)c(C)c1. The molecule has 0 fully saturated rings. The second-order valence-electron chi connectivity index (χ2n) is 5.77. The van der Waals surface area contributed by atoms with Crippen molar-refractivity contribution in [1.82, 2.24) is 5.32 Å². The van der Waals surface area contributed by atoms with Crippen molar-refractivity contribution in [1.29, 1.82) is 0 Å². The van der Waals surface area contributed by atoms with Crippen molar-refractivity contribution >= 4 is 34.6 Å². The van der Waals surface area contributed by atoms with E-state index in [0.717, 1.165) is 24.3 Å². The third-order valence-electron chi connectivity index (χ3n) is 3.43. The van der Waals surface area contributed by atoms with Gasteiger partial charge in [-0.25, -0.2) is 0 Å². The van der Waals surface area contributed by atoms with Crippen LogP contribution >= 0.6 is 12.2 Å². The van der Waals surface area contributed by atoms with Gasteiger partial charge < -0.3 is 15.5 Å². The number of rotatable bonds is 6. The smallest absolute Gasteiger partial charge is 0.226 e. The molecule has 1 amide bonds. The number of amides is 1. The quantitative estimate of drug-likeness (QED) is 0.784. The molecule has 0 saturated heterocycles. The summed E-state index contributed by atoms with van der Waals surface area (Å²) >= 11 is 5.20. The van der Waals surface area contributed by atoms with Crippen LogP contribution in [0, 0.1) is 12.8 Å². The number of carbonyl (C=O) groups is 1. The molecule has 1 rings (SSSR count). The summed E-state index contributed by atoms with van der Waals surface area (Å²) in [6, 6.07) is 6.21. The maximum Gasteiger partial charge on any atom is 0.226 e. The van der Waals surface area contributed by atoms with Gasteiger partial charge in [0.15, 0.2) is 5.11 Å². The maximum atomic E-state index is 11.7. The van der Waals surface area contributed by atoms with E-state index in [0.29, 0.717) is 17.5 Å². The van der Waals surface area contributed by atoms with Gasteiger partial charge in [0.25, 0.3) is 0 Å². The van der Waals surface area contributed by atoms with Gasteiger partial charge in [0.1, 0.15) is 0 Å². The van der Waals surface area contributed by atoms with Crippen molar-refractivity contribution in [2.24, 2.45) is 5.92 Å². The molecule has 2 N–H and O–H groups in total. The Balaban J connectivity index is 2.70. The predicted octanol–water partition coefficient (Wildman–Crippen LogP) is 3.70. The molecule has 0 aromatic heterocycles. The van der Waals surface area contributed by atoms with Crippen LogP contribution in [0.5, 0.6) is 0 Å². The fourth-order valence-electron chi connectivity index (χ4n) is 2.28. The second-order valence-corrected chi connectivity index (χ2v) is 6.18. The minimum Gasteiger partial charge on any atom is -0.372 e. The van der Waals surface area contributed by atoms with Crippen molar-refractivity contribution in [3.05, 3.63) is 23.8 Å². The standard InChI is InChI=1S/C17H27N3OS/c1-6-20(7-2)14-8-9-15(13(5)11-14)18-17(22)19-16(21)10-12(3)4/h8-9,11-12H,6-7,10H2,1-5H3,(H2,18,19,21,22). The highest BCUT2D eigenvalue weighted by molar-refractivity contribution is 7.80. The molecule has 0 aliphatic rings. The van der Waals surface area contributed by atoms with Crippen LogP contribution in [-0.4, -0.2) is 24.1 Å². The Bertz CT molecular complexity index is 525. The largest absolute Gasteiger partial charge is 0.372 e. The fraction of sp³-hybridized carbons (Fsp3) is 0.529. The molecule has 0 aliphatic carbocycles. The number of carbonyl (C=O) groups excluding carboxylic acids is 1. The molecule has 0 unspecified atom stereocenters. The first-order chi connectivity index (χ1) is 10.4. The lowest BCUT2D eigenvalue weighted by atomic mass is 10.1. The van der Waals surface area contributed by atoms with Crippen molar-refractivity contribution in [2.75, 3.05) is 23.3 Å². The lowest BCUT2D eigenvalue weighted by Gasteiger charge is -2.22. The van der Waals surface area contributed by atoms with Gasteiger partial charge in [0.05, 0.1) is 0 Å². The molecule has 5 heteroatoms. The molecule has 0 atom stereocenters. The van der Waals surface area contributed by atoms with Gasteiger partial charge in [-0.1, -0.05) is 13.8 Å². The van der Waals surface area contributed by atoms with Crippen molar-refractivity contribution < 1.29 is 4.79 Å². The Labute approximate surface area is 139 Å². The van der Waals surface area contributed by atoms with Gasteiger partial charge in [-0.3, -0.25) is 4.79 Å². The van der Waals surface area contributed by atoms with E-state index in [1.54, 1.807) is 0 Å². The number of thiocarbonyl (C=S) groups is 1. The highest BCUT2D eigenvalue weighted by atomic mass is 32.1. The number of aryl methyl sites for hydroxylation is 1. The van der Waals surface area contributed by atoms with E-state index in [-0.39, 0.29) is 5.91 Å². The van der Waals surface area contributed by atoms with E-state index < -0.39 is 0 Å². The van der Waals surface area contributed by atoms with Gasteiger partial charge in [0.2, 0.25) is 5.91 Å². The molecular formula is C17H27N3OS. The summed E-state index contributed by atoms with van der Waals surface area (Å²) in [6.07, 6.45) is 0.474. The van der Waals surface area contributed by atoms with Gasteiger partial charge in [-0.15, -0.1) is 0 Å². The van der Waals surface area contributed by atoms with Crippen LogP contribution in [0.2, 0.25) is 0 Å². The van der Waals surface area contributed by atoms with Crippen LogP contribution in [0.4, 0.5) is 11.4 Å². The Hall–Kier alpha value is -1.62. The second kappa shape index (κ2) is 8.73. The van der Waals surface area contributed by atoms with Gasteiger partial charge in [-0.2, -0.15) is 0 Å². The van der Waals surface area contributed by atoms with E-state index in [1.807, 2.05) is 26.8 Å². The average molecular weight is 321 g/mol. The summed E-state index contributed by atoms with van der Waals surface area (Å²) in [5, 5.41) is 6.17. The van der Waals surface area contributed by atoms with E-state index >= 15 is 0 Å². The Morgan fingerprint density at radius 2 is 1.91 bits per heavy atom. The Morgan fingerprint density at radius 3 is 2.41 bits per heavy atom. The number of nitrogens with one attached hydrogen (secondary N) is 2. The Morgan fingerprint density at radius 1 is 1.27 bits per heavy atom. The number of benzene rings is 1. The minimum absolute atomic E-state index is 0.0510. The first-order valence-electron chi connectivity index (χ1n) is 7.83. The van der Waals surface area contributed by atoms with Gasteiger partial charge in [0, 0.05) is 30.9 Å². The lowest BCUT2D eigenvalue weighted by Crippen LogP contribution is -2.34. The van der Waals surface area contributed by atoms with E-state index in [4.69, 9.17) is 12.2 Å².